The molecule has 5 nitrogen and oxygen atoms in total. The molecule has 5 heteroatoms. The molecule has 2 bridgehead atoms. The molecule has 23 heavy (non-hydrogen) atoms. The van der Waals surface area contributed by atoms with Crippen LogP contribution in [0.15, 0.2) is 0 Å². The van der Waals surface area contributed by atoms with Gasteiger partial charge in [-0.1, -0.05) is 6.92 Å². The van der Waals surface area contributed by atoms with Crippen LogP contribution in [-0.4, -0.2) is 51.2 Å². The van der Waals surface area contributed by atoms with E-state index in [2.05, 4.69) is 47.3 Å². The Balaban J connectivity index is 1.78. The Labute approximate surface area is 139 Å². The van der Waals surface area contributed by atoms with Crippen molar-refractivity contribution in [1.29, 1.82) is 0 Å². The molecule has 4 rings (SSSR count). The molecule has 1 amide bonds. The van der Waals surface area contributed by atoms with E-state index in [1.165, 1.54) is 17.7 Å². The van der Waals surface area contributed by atoms with Crippen LogP contribution in [0, 0.1) is 19.8 Å². The minimum absolute atomic E-state index is 0.196. The fraction of sp³-hybridized carbons (Fsp3) is 0.778. The van der Waals surface area contributed by atoms with Crippen molar-refractivity contribution in [2.75, 3.05) is 19.6 Å². The third-order valence-electron chi connectivity index (χ3n) is 5.55. The number of aromatic nitrogens is 2. The van der Waals surface area contributed by atoms with Gasteiger partial charge in [0.2, 0.25) is 5.91 Å². The van der Waals surface area contributed by atoms with Crippen LogP contribution < -0.4 is 0 Å². The third kappa shape index (κ3) is 3.03. The Morgan fingerprint density at radius 3 is 2.61 bits per heavy atom. The first kappa shape index (κ1) is 16.5. The van der Waals surface area contributed by atoms with E-state index in [1.807, 2.05) is 0 Å². The molecule has 1 aromatic rings. The summed E-state index contributed by atoms with van der Waals surface area (Å²) in [7, 11) is 0. The number of carbonyl (C=O) groups excluding carboxylic acids is 1. The van der Waals surface area contributed by atoms with Crippen LogP contribution in [0.5, 0.6) is 0 Å². The quantitative estimate of drug-likeness (QED) is 0.837. The maximum Gasteiger partial charge on any atom is 0.227 e. The molecule has 0 aromatic carbocycles. The Kier molecular flexibility index (Phi) is 4.76. The van der Waals surface area contributed by atoms with Crippen LogP contribution >= 0.6 is 0 Å². The number of hydrogen-bond donors (Lipinski definition) is 0. The minimum atomic E-state index is 0.196. The molecular weight excluding hydrogens is 288 g/mol. The number of aryl methyl sites for hydroxylation is 2. The van der Waals surface area contributed by atoms with Crippen molar-refractivity contribution in [2.24, 2.45) is 5.92 Å². The SMILES string of the molecule is CCCN1C(=O)[C@H]2CC[C@@H]1CN(Cc1c(C)nn(CC)c1C)C2. The largest absolute Gasteiger partial charge is 0.338 e. The first-order valence-corrected chi connectivity index (χ1v) is 9.10. The minimum Gasteiger partial charge on any atom is -0.338 e. The molecule has 3 aliphatic rings. The molecule has 4 heterocycles. The van der Waals surface area contributed by atoms with E-state index in [1.54, 1.807) is 0 Å². The summed E-state index contributed by atoms with van der Waals surface area (Å²) in [4.78, 5) is 17.3. The van der Waals surface area contributed by atoms with Gasteiger partial charge in [0.15, 0.2) is 0 Å². The van der Waals surface area contributed by atoms with E-state index in [0.717, 1.165) is 51.3 Å². The fourth-order valence-electron chi connectivity index (χ4n) is 4.29. The van der Waals surface area contributed by atoms with Crippen molar-refractivity contribution in [3.05, 3.63) is 17.0 Å². The van der Waals surface area contributed by atoms with Crippen LogP contribution in [0.1, 0.15) is 50.1 Å². The van der Waals surface area contributed by atoms with Gasteiger partial charge in [-0.25, -0.2) is 0 Å². The lowest BCUT2D eigenvalue weighted by molar-refractivity contribution is -0.139. The third-order valence-corrected chi connectivity index (χ3v) is 5.55. The Bertz CT molecular complexity index is 580. The van der Waals surface area contributed by atoms with Crippen LogP contribution in [0.25, 0.3) is 0 Å². The Morgan fingerprint density at radius 1 is 1.17 bits per heavy atom. The molecule has 3 fully saturated rings. The summed E-state index contributed by atoms with van der Waals surface area (Å²) in [5.74, 6) is 0.588. The van der Waals surface area contributed by atoms with E-state index in [4.69, 9.17) is 0 Å². The molecular formula is C18H30N4O. The number of fused-ring (bicyclic) bond motifs is 4. The highest BCUT2D eigenvalue weighted by molar-refractivity contribution is 5.80. The van der Waals surface area contributed by atoms with Gasteiger partial charge in [-0.05, 0) is 40.0 Å². The molecule has 3 aliphatic heterocycles. The van der Waals surface area contributed by atoms with Gasteiger partial charge in [-0.2, -0.15) is 5.10 Å². The standard InChI is InChI=1S/C18H30N4O/c1-5-9-21-16-8-7-15(18(21)23)10-20(11-16)12-17-13(3)19-22(6-2)14(17)4/h15-16H,5-12H2,1-4H3/t15-,16+/m0/s1. The second kappa shape index (κ2) is 6.63. The van der Waals surface area contributed by atoms with E-state index in [9.17, 15) is 4.79 Å². The number of hydrogen-bond acceptors (Lipinski definition) is 3. The summed E-state index contributed by atoms with van der Waals surface area (Å²) < 4.78 is 2.09. The Hall–Kier alpha value is -1.36. The summed E-state index contributed by atoms with van der Waals surface area (Å²) in [6.07, 6.45) is 3.28. The summed E-state index contributed by atoms with van der Waals surface area (Å²) >= 11 is 0. The van der Waals surface area contributed by atoms with Gasteiger partial charge in [0.1, 0.15) is 0 Å². The highest BCUT2D eigenvalue weighted by Gasteiger charge is 2.40. The lowest BCUT2D eigenvalue weighted by Crippen LogP contribution is -2.48. The summed E-state index contributed by atoms with van der Waals surface area (Å²) in [5.41, 5.74) is 3.76. The number of piperidine rings is 1. The molecule has 0 spiro atoms. The van der Waals surface area contributed by atoms with Crippen LogP contribution in [0.4, 0.5) is 0 Å². The smallest absolute Gasteiger partial charge is 0.227 e. The molecule has 128 valence electrons. The van der Waals surface area contributed by atoms with Crippen molar-refractivity contribution in [3.63, 3.8) is 0 Å². The summed E-state index contributed by atoms with van der Waals surface area (Å²) in [5, 5.41) is 4.64. The highest BCUT2D eigenvalue weighted by atomic mass is 16.2. The van der Waals surface area contributed by atoms with Gasteiger partial charge in [0, 0.05) is 50.0 Å². The number of amides is 1. The van der Waals surface area contributed by atoms with Gasteiger partial charge >= 0.3 is 0 Å². The first-order valence-electron chi connectivity index (χ1n) is 9.10. The van der Waals surface area contributed by atoms with Crippen molar-refractivity contribution < 1.29 is 4.79 Å². The zero-order valence-electron chi connectivity index (χ0n) is 15.0. The van der Waals surface area contributed by atoms with Gasteiger partial charge in [-0.15, -0.1) is 0 Å². The second-order valence-electron chi connectivity index (χ2n) is 7.12. The number of rotatable bonds is 5. The molecule has 1 aromatic heterocycles. The normalized spacial score (nSPS) is 25.2. The molecule has 3 saturated heterocycles. The summed E-state index contributed by atoms with van der Waals surface area (Å²) in [6.45, 7) is 13.3. The predicted molar refractivity (Wildman–Crippen MR) is 91.2 cm³/mol. The molecule has 0 saturated carbocycles. The fourth-order valence-corrected chi connectivity index (χ4v) is 4.29. The average Bonchev–Trinajstić information content (AvgIpc) is 2.70. The van der Waals surface area contributed by atoms with E-state index in [-0.39, 0.29) is 5.92 Å². The zero-order chi connectivity index (χ0) is 16.6. The molecule has 0 unspecified atom stereocenters. The van der Waals surface area contributed by atoms with Crippen molar-refractivity contribution >= 4 is 5.91 Å². The van der Waals surface area contributed by atoms with Crippen molar-refractivity contribution in [2.45, 2.75) is 66.1 Å². The van der Waals surface area contributed by atoms with Crippen LogP contribution in [0.2, 0.25) is 0 Å². The monoisotopic (exact) mass is 318 g/mol. The van der Waals surface area contributed by atoms with E-state index >= 15 is 0 Å². The highest BCUT2D eigenvalue weighted by Crippen LogP contribution is 2.30. The lowest BCUT2D eigenvalue weighted by Gasteiger charge is -2.35. The predicted octanol–water partition coefficient (Wildman–Crippen LogP) is 2.35. The number of nitrogens with zero attached hydrogens (tertiary/aromatic N) is 4. The first-order chi connectivity index (χ1) is 11.0. The van der Waals surface area contributed by atoms with Gasteiger partial charge in [0.05, 0.1) is 11.6 Å². The van der Waals surface area contributed by atoms with Gasteiger partial charge in [-0.3, -0.25) is 14.4 Å². The summed E-state index contributed by atoms with van der Waals surface area (Å²) in [6, 6.07) is 0.406. The maximum atomic E-state index is 12.7. The average molecular weight is 318 g/mol. The molecule has 2 atom stereocenters. The van der Waals surface area contributed by atoms with E-state index in [0.29, 0.717) is 11.9 Å². The van der Waals surface area contributed by atoms with Crippen LogP contribution in [0.3, 0.4) is 0 Å². The molecule has 0 aliphatic carbocycles. The van der Waals surface area contributed by atoms with Gasteiger partial charge in [0.25, 0.3) is 0 Å². The lowest BCUT2D eigenvalue weighted by atomic mass is 9.94. The van der Waals surface area contributed by atoms with E-state index < -0.39 is 0 Å². The maximum absolute atomic E-state index is 12.7. The van der Waals surface area contributed by atoms with Crippen molar-refractivity contribution in [3.8, 4) is 0 Å². The zero-order valence-corrected chi connectivity index (χ0v) is 15.0. The van der Waals surface area contributed by atoms with Crippen molar-refractivity contribution in [1.82, 2.24) is 19.6 Å². The topological polar surface area (TPSA) is 41.4 Å². The number of carbonyl (C=O) groups is 1. The van der Waals surface area contributed by atoms with Crippen LogP contribution in [-0.2, 0) is 17.9 Å². The molecule has 0 N–H and O–H groups in total. The second-order valence-corrected chi connectivity index (χ2v) is 7.12. The Morgan fingerprint density at radius 2 is 1.96 bits per heavy atom. The molecule has 0 radical (unpaired) electrons. The van der Waals surface area contributed by atoms with Gasteiger partial charge < -0.3 is 4.90 Å².